The van der Waals surface area contributed by atoms with E-state index in [0.29, 0.717) is 40.4 Å². The first-order valence-electron chi connectivity index (χ1n) is 15.8. The van der Waals surface area contributed by atoms with Gasteiger partial charge in [0.1, 0.15) is 11.0 Å². The van der Waals surface area contributed by atoms with Crippen LogP contribution in [0.15, 0.2) is 148 Å². The highest BCUT2D eigenvalue weighted by Crippen LogP contribution is 2.40. The molecular formula is C41H23N5O2S. The molecule has 4 aromatic heterocycles. The van der Waals surface area contributed by atoms with Crippen LogP contribution in [0.2, 0.25) is 0 Å². The molecule has 8 heteroatoms. The van der Waals surface area contributed by atoms with E-state index in [9.17, 15) is 0 Å². The molecule has 0 fully saturated rings. The monoisotopic (exact) mass is 649 g/mol. The van der Waals surface area contributed by atoms with Gasteiger partial charge < -0.3 is 8.83 Å². The minimum atomic E-state index is 0.535. The number of rotatable bonds is 5. The number of hydrogen-bond donors (Lipinski definition) is 0. The summed E-state index contributed by atoms with van der Waals surface area (Å²) in [5.74, 6) is 2.79. The van der Waals surface area contributed by atoms with E-state index < -0.39 is 0 Å². The summed E-state index contributed by atoms with van der Waals surface area (Å²) in [5, 5.41) is 2.31. The number of fused-ring (bicyclic) bond motifs is 5. The lowest BCUT2D eigenvalue weighted by molar-refractivity contribution is 0.619. The van der Waals surface area contributed by atoms with Crippen LogP contribution in [0.5, 0.6) is 0 Å². The lowest BCUT2D eigenvalue weighted by Gasteiger charge is -2.09. The fourth-order valence-electron chi connectivity index (χ4n) is 6.26. The van der Waals surface area contributed by atoms with E-state index in [2.05, 4.69) is 42.5 Å². The van der Waals surface area contributed by atoms with Crippen LogP contribution in [0.3, 0.4) is 0 Å². The number of hydrogen-bond acceptors (Lipinski definition) is 8. The summed E-state index contributed by atoms with van der Waals surface area (Å²) < 4.78 is 14.6. The Morgan fingerprint density at radius 1 is 0.408 bits per heavy atom. The second-order valence-corrected chi connectivity index (χ2v) is 12.8. The summed E-state index contributed by atoms with van der Waals surface area (Å²) in [4.78, 5) is 24.9. The molecule has 0 atom stereocenters. The normalized spacial score (nSPS) is 11.7. The van der Waals surface area contributed by atoms with Crippen LogP contribution in [0.1, 0.15) is 0 Å². The van der Waals surface area contributed by atoms with E-state index in [0.717, 1.165) is 44.2 Å². The second kappa shape index (κ2) is 11.0. The lowest BCUT2D eigenvalue weighted by Crippen LogP contribution is -2.00. The van der Waals surface area contributed by atoms with E-state index in [4.69, 9.17) is 33.8 Å². The predicted octanol–water partition coefficient (Wildman–Crippen LogP) is 10.9. The van der Waals surface area contributed by atoms with Gasteiger partial charge in [0.15, 0.2) is 28.6 Å². The Morgan fingerprint density at radius 2 is 0.939 bits per heavy atom. The van der Waals surface area contributed by atoms with Crippen LogP contribution in [-0.4, -0.2) is 24.9 Å². The van der Waals surface area contributed by atoms with Crippen molar-refractivity contribution in [2.24, 2.45) is 0 Å². The Labute approximate surface area is 283 Å². The molecule has 0 spiro atoms. The molecule has 10 aromatic rings. The van der Waals surface area contributed by atoms with Gasteiger partial charge in [-0.25, -0.2) is 24.9 Å². The van der Waals surface area contributed by atoms with E-state index in [1.165, 1.54) is 14.8 Å². The molecule has 0 saturated carbocycles. The van der Waals surface area contributed by atoms with E-state index >= 15 is 0 Å². The predicted molar refractivity (Wildman–Crippen MR) is 195 cm³/mol. The SMILES string of the molecule is c1ccc(-c2nc3cc(-c4nc(-c5ccc6oc(-c7ccccc7)nc6c5)nc(-c5cccc6sc7ccccc7c56)n4)ccc3o2)cc1. The molecule has 0 aliphatic carbocycles. The first kappa shape index (κ1) is 27.6. The highest BCUT2D eigenvalue weighted by Gasteiger charge is 2.19. The van der Waals surface area contributed by atoms with Gasteiger partial charge in [0.25, 0.3) is 0 Å². The van der Waals surface area contributed by atoms with Gasteiger partial charge in [-0.05, 0) is 72.8 Å². The van der Waals surface area contributed by atoms with Crippen molar-refractivity contribution < 1.29 is 8.83 Å². The standard InChI is InChI=1S/C41H23N5O2S/c1-3-10-24(11-4-1)40-42-30-22-26(18-20-32(30)47-40)37-44-38(27-19-21-33-31(23-27)43-41(48-33)25-12-5-2-6-13-25)46-39(45-37)29-15-9-17-35-36(29)28-14-7-8-16-34(28)49-35/h1-23H. The summed E-state index contributed by atoms with van der Waals surface area (Å²) in [5.41, 5.74) is 7.23. The third-order valence-corrected chi connectivity index (χ3v) is 9.75. The molecule has 230 valence electrons. The third-order valence-electron chi connectivity index (χ3n) is 8.61. The third kappa shape index (κ3) is 4.77. The number of thiophene rings is 1. The van der Waals surface area contributed by atoms with E-state index in [1.54, 1.807) is 11.3 Å². The van der Waals surface area contributed by atoms with Crippen molar-refractivity contribution in [1.82, 2.24) is 24.9 Å². The number of oxazole rings is 2. The quantitative estimate of drug-likeness (QED) is 0.183. The first-order valence-corrected chi connectivity index (χ1v) is 16.6. The van der Waals surface area contributed by atoms with Gasteiger partial charge in [-0.15, -0.1) is 11.3 Å². The van der Waals surface area contributed by atoms with Crippen LogP contribution in [0.25, 0.3) is 99.4 Å². The number of aromatic nitrogens is 5. The summed E-state index contributed by atoms with van der Waals surface area (Å²) in [6.07, 6.45) is 0. The van der Waals surface area contributed by atoms with Crippen LogP contribution in [0.4, 0.5) is 0 Å². The van der Waals surface area contributed by atoms with Crippen molar-refractivity contribution in [2.75, 3.05) is 0 Å². The molecule has 0 saturated heterocycles. The lowest BCUT2D eigenvalue weighted by atomic mass is 10.1. The maximum absolute atomic E-state index is 6.11. The van der Waals surface area contributed by atoms with Crippen molar-refractivity contribution in [1.29, 1.82) is 0 Å². The molecule has 49 heavy (non-hydrogen) atoms. The van der Waals surface area contributed by atoms with Crippen molar-refractivity contribution in [2.45, 2.75) is 0 Å². The van der Waals surface area contributed by atoms with Crippen molar-refractivity contribution >= 4 is 53.7 Å². The largest absolute Gasteiger partial charge is 0.436 e. The molecule has 0 radical (unpaired) electrons. The summed E-state index contributed by atoms with van der Waals surface area (Å²) in [6, 6.07) is 46.3. The van der Waals surface area contributed by atoms with Gasteiger partial charge in [0, 0.05) is 48.0 Å². The molecule has 4 heterocycles. The van der Waals surface area contributed by atoms with E-state index in [-0.39, 0.29) is 0 Å². The minimum Gasteiger partial charge on any atom is -0.436 e. The Bertz CT molecular complexity index is 2700. The van der Waals surface area contributed by atoms with Crippen molar-refractivity contribution in [3.05, 3.63) is 140 Å². The van der Waals surface area contributed by atoms with Crippen molar-refractivity contribution in [3.8, 4) is 57.1 Å². The average Bonchev–Trinajstić information content (AvgIpc) is 3.90. The zero-order valence-electron chi connectivity index (χ0n) is 25.7. The summed E-state index contributed by atoms with van der Waals surface area (Å²) in [6.45, 7) is 0. The molecule has 7 nitrogen and oxygen atoms in total. The molecular weight excluding hydrogens is 627 g/mol. The molecule has 6 aromatic carbocycles. The summed E-state index contributed by atoms with van der Waals surface area (Å²) >= 11 is 1.77. The van der Waals surface area contributed by atoms with Gasteiger partial charge in [0.05, 0.1) is 0 Å². The number of benzene rings is 6. The van der Waals surface area contributed by atoms with Crippen LogP contribution < -0.4 is 0 Å². The fourth-order valence-corrected chi connectivity index (χ4v) is 7.39. The molecule has 0 N–H and O–H groups in total. The molecule has 0 unspecified atom stereocenters. The molecule has 10 rings (SSSR count). The van der Waals surface area contributed by atoms with Crippen LogP contribution in [-0.2, 0) is 0 Å². The number of nitrogens with zero attached hydrogens (tertiary/aromatic N) is 5. The Morgan fingerprint density at radius 3 is 1.55 bits per heavy atom. The van der Waals surface area contributed by atoms with E-state index in [1.807, 2.05) is 97.1 Å². The highest BCUT2D eigenvalue weighted by molar-refractivity contribution is 7.25. The highest BCUT2D eigenvalue weighted by atomic mass is 32.1. The Balaban J connectivity index is 1.16. The van der Waals surface area contributed by atoms with Crippen LogP contribution in [0, 0.1) is 0 Å². The Hall–Kier alpha value is -6.51. The fraction of sp³-hybridized carbons (Fsp3) is 0. The summed E-state index contributed by atoms with van der Waals surface area (Å²) in [7, 11) is 0. The van der Waals surface area contributed by atoms with Gasteiger partial charge in [-0.1, -0.05) is 66.7 Å². The zero-order valence-corrected chi connectivity index (χ0v) is 26.6. The minimum absolute atomic E-state index is 0.535. The Kier molecular flexibility index (Phi) is 6.22. The molecule has 0 bridgehead atoms. The van der Waals surface area contributed by atoms with Gasteiger partial charge in [-0.2, -0.15) is 0 Å². The molecule has 0 amide bonds. The topological polar surface area (TPSA) is 90.7 Å². The maximum atomic E-state index is 6.11. The van der Waals surface area contributed by atoms with Gasteiger partial charge in [-0.3, -0.25) is 0 Å². The smallest absolute Gasteiger partial charge is 0.227 e. The van der Waals surface area contributed by atoms with Crippen molar-refractivity contribution in [3.63, 3.8) is 0 Å². The van der Waals surface area contributed by atoms with Crippen LogP contribution >= 0.6 is 11.3 Å². The molecule has 0 aliphatic rings. The zero-order chi connectivity index (χ0) is 32.3. The maximum Gasteiger partial charge on any atom is 0.227 e. The second-order valence-electron chi connectivity index (χ2n) is 11.7. The van der Waals surface area contributed by atoms with Gasteiger partial charge in [0.2, 0.25) is 11.8 Å². The first-order chi connectivity index (χ1) is 24.2. The molecule has 0 aliphatic heterocycles. The average molecular weight is 650 g/mol. The van der Waals surface area contributed by atoms with Gasteiger partial charge >= 0.3 is 0 Å².